The molecule has 2 rings (SSSR count). The van der Waals surface area contributed by atoms with Gasteiger partial charge in [0.15, 0.2) is 7.28 Å². The molecule has 162 valence electrons. The fraction of sp³-hybridized carbons (Fsp3) is 0.519. The highest BCUT2D eigenvalue weighted by atomic mass is 16.1. The molecule has 3 heteroatoms. The maximum Gasteiger partial charge on any atom is 0.219 e. The molecule has 1 N–H and O–H groups in total. The lowest BCUT2D eigenvalue weighted by Crippen LogP contribution is -2.44. The van der Waals surface area contributed by atoms with Gasteiger partial charge in [-0.1, -0.05) is 63.3 Å². The van der Waals surface area contributed by atoms with E-state index in [4.69, 9.17) is 0 Å². The predicted octanol–water partition coefficient (Wildman–Crippen LogP) is 6.01. The minimum absolute atomic E-state index is 0.141. The van der Waals surface area contributed by atoms with Gasteiger partial charge in [0.05, 0.1) is 0 Å². The second-order valence-corrected chi connectivity index (χ2v) is 9.87. The van der Waals surface area contributed by atoms with Crippen LogP contribution >= 0.6 is 0 Å². The van der Waals surface area contributed by atoms with E-state index in [0.717, 1.165) is 51.3 Å². The SMILES string of the molecule is C=C(C)CCC(=O)N[C@@H]1BCc2c(cccc2C(=C)CC(C)CC(=C)CC(C)C)C1. The molecule has 1 unspecified atom stereocenters. The first-order chi connectivity index (χ1) is 14.2. The quantitative estimate of drug-likeness (QED) is 0.355. The Balaban J connectivity index is 1.96. The third-order valence-corrected chi connectivity index (χ3v) is 5.94. The van der Waals surface area contributed by atoms with Gasteiger partial charge in [-0.25, -0.2) is 0 Å². The zero-order valence-corrected chi connectivity index (χ0v) is 19.7. The van der Waals surface area contributed by atoms with Gasteiger partial charge in [0, 0.05) is 12.4 Å². The maximum absolute atomic E-state index is 12.2. The average Bonchev–Trinajstić information content (AvgIpc) is 2.64. The van der Waals surface area contributed by atoms with E-state index in [9.17, 15) is 4.79 Å². The van der Waals surface area contributed by atoms with Crippen molar-refractivity contribution in [3.05, 3.63) is 65.8 Å². The highest BCUT2D eigenvalue weighted by Gasteiger charge is 2.24. The number of carbonyl (C=O) groups excluding carboxylic acids is 1. The lowest BCUT2D eigenvalue weighted by atomic mass is 9.57. The minimum Gasteiger partial charge on any atom is -0.361 e. The summed E-state index contributed by atoms with van der Waals surface area (Å²) in [4.78, 5) is 12.2. The Bertz CT molecular complexity index is 792. The molecule has 0 aliphatic carbocycles. The third kappa shape index (κ3) is 7.67. The number of allylic oxidation sites excluding steroid dienone is 3. The average molecular weight is 405 g/mol. The van der Waals surface area contributed by atoms with E-state index in [1.807, 2.05) is 6.92 Å². The predicted molar refractivity (Wildman–Crippen MR) is 133 cm³/mol. The van der Waals surface area contributed by atoms with Crippen molar-refractivity contribution in [1.29, 1.82) is 0 Å². The van der Waals surface area contributed by atoms with Gasteiger partial charge in [-0.2, -0.15) is 0 Å². The van der Waals surface area contributed by atoms with E-state index in [0.29, 0.717) is 18.3 Å². The van der Waals surface area contributed by atoms with Gasteiger partial charge < -0.3 is 5.32 Å². The fourth-order valence-electron chi connectivity index (χ4n) is 4.64. The van der Waals surface area contributed by atoms with Crippen LogP contribution in [0.2, 0.25) is 0 Å². The number of amides is 1. The number of rotatable bonds is 11. The summed E-state index contributed by atoms with van der Waals surface area (Å²) < 4.78 is 0. The lowest BCUT2D eigenvalue weighted by molar-refractivity contribution is -0.121. The molecule has 1 aliphatic rings. The van der Waals surface area contributed by atoms with Crippen LogP contribution < -0.4 is 5.32 Å². The van der Waals surface area contributed by atoms with Crippen molar-refractivity contribution in [1.82, 2.24) is 5.32 Å². The Hall–Kier alpha value is -2.03. The molecular formula is C27H40BNO. The van der Waals surface area contributed by atoms with E-state index in [2.05, 4.69) is 64.0 Å². The third-order valence-electron chi connectivity index (χ3n) is 5.94. The van der Waals surface area contributed by atoms with Gasteiger partial charge >= 0.3 is 0 Å². The van der Waals surface area contributed by atoms with Crippen LogP contribution in [0.4, 0.5) is 0 Å². The molecule has 1 aliphatic heterocycles. The Morgan fingerprint density at radius 3 is 2.53 bits per heavy atom. The molecule has 0 radical (unpaired) electrons. The second kappa shape index (κ2) is 11.4. The van der Waals surface area contributed by atoms with Crippen molar-refractivity contribution < 1.29 is 4.79 Å². The summed E-state index contributed by atoms with van der Waals surface area (Å²) in [5.74, 6) is 1.60. The van der Waals surface area contributed by atoms with Crippen LogP contribution in [0.3, 0.4) is 0 Å². The van der Waals surface area contributed by atoms with Crippen molar-refractivity contribution in [2.45, 2.75) is 78.5 Å². The van der Waals surface area contributed by atoms with Gasteiger partial charge in [0.2, 0.25) is 5.91 Å². The monoisotopic (exact) mass is 405 g/mol. The van der Waals surface area contributed by atoms with Crippen LogP contribution in [-0.4, -0.2) is 19.1 Å². The number of nitrogens with one attached hydrogen (secondary N) is 1. The smallest absolute Gasteiger partial charge is 0.219 e. The molecule has 30 heavy (non-hydrogen) atoms. The molecule has 0 saturated heterocycles. The largest absolute Gasteiger partial charge is 0.361 e. The molecule has 0 saturated carbocycles. The molecule has 2 atom stereocenters. The van der Waals surface area contributed by atoms with Crippen LogP contribution in [0.15, 0.2) is 49.1 Å². The first-order valence-corrected chi connectivity index (χ1v) is 11.5. The molecule has 1 aromatic carbocycles. The van der Waals surface area contributed by atoms with Crippen LogP contribution in [0.25, 0.3) is 5.57 Å². The van der Waals surface area contributed by atoms with Crippen molar-refractivity contribution in [3.8, 4) is 0 Å². The zero-order valence-electron chi connectivity index (χ0n) is 19.7. The number of hydrogen-bond donors (Lipinski definition) is 1. The first-order valence-electron chi connectivity index (χ1n) is 11.5. The summed E-state index contributed by atoms with van der Waals surface area (Å²) in [6, 6.07) is 6.59. The standard InChI is InChI=1S/C27H40BNO/c1-18(2)11-12-27(30)29-26-16-23-9-8-10-24(25(23)17-28-26)22(7)15-21(6)14-20(5)13-19(3)4/h8-10,19,21,26,28H,1,5,7,11-17H2,2-4,6H3,(H,29,30)/t21?,26-/m0/s1. The summed E-state index contributed by atoms with van der Waals surface area (Å²) in [6.07, 6.45) is 6.41. The zero-order chi connectivity index (χ0) is 22.3. The van der Waals surface area contributed by atoms with E-state index < -0.39 is 0 Å². The van der Waals surface area contributed by atoms with E-state index in [1.165, 1.54) is 27.8 Å². The highest BCUT2D eigenvalue weighted by Crippen LogP contribution is 2.31. The molecule has 0 fully saturated rings. The van der Waals surface area contributed by atoms with E-state index in [1.54, 1.807) is 0 Å². The molecular weight excluding hydrogens is 365 g/mol. The molecule has 1 aromatic rings. The Kier molecular flexibility index (Phi) is 9.20. The van der Waals surface area contributed by atoms with Crippen LogP contribution in [-0.2, 0) is 17.5 Å². The van der Waals surface area contributed by atoms with Crippen LogP contribution in [0, 0.1) is 11.8 Å². The molecule has 1 heterocycles. The van der Waals surface area contributed by atoms with Gasteiger partial charge in [0.1, 0.15) is 0 Å². The number of carbonyl (C=O) groups is 1. The summed E-state index contributed by atoms with van der Waals surface area (Å²) in [5, 5.41) is 3.22. The van der Waals surface area contributed by atoms with E-state index >= 15 is 0 Å². The Morgan fingerprint density at radius 1 is 1.13 bits per heavy atom. The summed E-state index contributed by atoms with van der Waals surface area (Å²) in [7, 11) is 0.997. The van der Waals surface area contributed by atoms with Crippen LogP contribution in [0.1, 0.15) is 76.5 Å². The lowest BCUT2D eigenvalue weighted by Gasteiger charge is -2.27. The Morgan fingerprint density at radius 2 is 1.87 bits per heavy atom. The summed E-state index contributed by atoms with van der Waals surface area (Å²) in [6.45, 7) is 21.4. The second-order valence-electron chi connectivity index (χ2n) is 9.87. The van der Waals surface area contributed by atoms with Gasteiger partial charge in [-0.05, 0) is 79.4 Å². The minimum atomic E-state index is 0.141. The van der Waals surface area contributed by atoms with E-state index in [-0.39, 0.29) is 11.8 Å². The molecule has 0 bridgehead atoms. The molecule has 1 amide bonds. The fourth-order valence-corrected chi connectivity index (χ4v) is 4.64. The topological polar surface area (TPSA) is 29.1 Å². The number of hydrogen-bond acceptors (Lipinski definition) is 1. The van der Waals surface area contributed by atoms with Gasteiger partial charge in [-0.3, -0.25) is 4.79 Å². The Labute approximate surface area is 185 Å². The van der Waals surface area contributed by atoms with Gasteiger partial charge in [0.25, 0.3) is 0 Å². The highest BCUT2D eigenvalue weighted by molar-refractivity contribution is 6.38. The van der Waals surface area contributed by atoms with Crippen molar-refractivity contribution in [3.63, 3.8) is 0 Å². The summed E-state index contributed by atoms with van der Waals surface area (Å²) >= 11 is 0. The normalized spacial score (nSPS) is 16.4. The molecule has 2 nitrogen and oxygen atoms in total. The van der Waals surface area contributed by atoms with Crippen molar-refractivity contribution >= 4 is 18.8 Å². The van der Waals surface area contributed by atoms with Crippen molar-refractivity contribution in [2.75, 3.05) is 0 Å². The molecule has 0 spiro atoms. The molecule has 0 aromatic heterocycles. The summed E-state index contributed by atoms with van der Waals surface area (Å²) in [5.41, 5.74) is 7.77. The maximum atomic E-state index is 12.2. The number of benzene rings is 1. The first kappa shape index (κ1) is 24.2. The van der Waals surface area contributed by atoms with Gasteiger partial charge in [-0.15, -0.1) is 6.58 Å². The van der Waals surface area contributed by atoms with Crippen molar-refractivity contribution in [2.24, 2.45) is 11.8 Å². The number of fused-ring (bicyclic) bond motifs is 1. The van der Waals surface area contributed by atoms with Crippen LogP contribution in [0.5, 0.6) is 0 Å².